The number of likely N-dealkylation sites (N-methyl/N-ethyl adjacent to an activating group) is 1. The normalized spacial score (nSPS) is 12.7. The molecular formula is C18H22FN5. The first-order valence-electron chi connectivity index (χ1n) is 8.09. The number of nitrogens with one attached hydrogen (secondary N) is 1. The number of nitrogens with zero attached hydrogens (tertiary/aromatic N) is 4. The molecule has 3 aromatic rings. The van der Waals surface area contributed by atoms with Crippen LogP contribution in [0.1, 0.15) is 13.3 Å². The van der Waals surface area contributed by atoms with Crippen LogP contribution in [0.3, 0.4) is 0 Å². The zero-order valence-corrected chi connectivity index (χ0v) is 14.2. The van der Waals surface area contributed by atoms with E-state index >= 15 is 0 Å². The molecule has 0 aliphatic carbocycles. The fourth-order valence-corrected chi connectivity index (χ4v) is 2.71. The van der Waals surface area contributed by atoms with Gasteiger partial charge in [0.05, 0.1) is 11.9 Å². The Morgan fingerprint density at radius 3 is 2.62 bits per heavy atom. The highest BCUT2D eigenvalue weighted by Crippen LogP contribution is 2.23. The van der Waals surface area contributed by atoms with E-state index in [1.54, 1.807) is 22.8 Å². The molecule has 3 rings (SSSR count). The largest absolute Gasteiger partial charge is 0.366 e. The summed E-state index contributed by atoms with van der Waals surface area (Å²) >= 11 is 0. The third-order valence-corrected chi connectivity index (χ3v) is 3.93. The van der Waals surface area contributed by atoms with Crippen molar-refractivity contribution < 1.29 is 4.39 Å². The molecule has 1 atom stereocenters. The van der Waals surface area contributed by atoms with Crippen molar-refractivity contribution in [3.8, 4) is 11.3 Å². The average molecular weight is 327 g/mol. The van der Waals surface area contributed by atoms with Crippen molar-refractivity contribution in [2.45, 2.75) is 19.4 Å². The Kier molecular flexibility index (Phi) is 4.76. The van der Waals surface area contributed by atoms with Crippen LogP contribution in [0.15, 0.2) is 42.6 Å². The molecule has 2 heterocycles. The summed E-state index contributed by atoms with van der Waals surface area (Å²) in [5.74, 6) is 0.637. The third-order valence-electron chi connectivity index (χ3n) is 3.93. The lowest BCUT2D eigenvalue weighted by Gasteiger charge is -2.22. The Morgan fingerprint density at radius 2 is 1.96 bits per heavy atom. The number of rotatable bonds is 6. The van der Waals surface area contributed by atoms with Crippen molar-refractivity contribution in [3.63, 3.8) is 0 Å². The van der Waals surface area contributed by atoms with E-state index in [2.05, 4.69) is 41.3 Å². The van der Waals surface area contributed by atoms with Gasteiger partial charge in [-0.05, 0) is 44.8 Å². The lowest BCUT2D eigenvalue weighted by molar-refractivity contribution is 0.378. The van der Waals surface area contributed by atoms with Crippen molar-refractivity contribution in [2.75, 3.05) is 26.0 Å². The first-order chi connectivity index (χ1) is 11.6. The highest BCUT2D eigenvalue weighted by Gasteiger charge is 2.13. The van der Waals surface area contributed by atoms with E-state index in [1.165, 1.54) is 12.1 Å². The molecule has 1 N–H and O–H groups in total. The summed E-state index contributed by atoms with van der Waals surface area (Å²) in [6.07, 6.45) is 2.73. The fourth-order valence-electron chi connectivity index (χ4n) is 2.71. The summed E-state index contributed by atoms with van der Waals surface area (Å²) in [6.45, 7) is 3.08. The van der Waals surface area contributed by atoms with Crippen molar-refractivity contribution in [1.29, 1.82) is 0 Å². The molecule has 0 radical (unpaired) electrons. The van der Waals surface area contributed by atoms with Gasteiger partial charge in [-0.1, -0.05) is 6.92 Å². The minimum atomic E-state index is -0.250. The zero-order valence-electron chi connectivity index (χ0n) is 14.2. The maximum absolute atomic E-state index is 13.2. The van der Waals surface area contributed by atoms with Gasteiger partial charge in [0.1, 0.15) is 11.6 Å². The SMILES string of the molecule is CC[C@H](CN(C)C)Nc1cc(-c2ccc(F)cc2)nc2ccnn12. The summed E-state index contributed by atoms with van der Waals surface area (Å²) in [4.78, 5) is 6.77. The molecule has 24 heavy (non-hydrogen) atoms. The van der Waals surface area contributed by atoms with Crippen LogP contribution in [-0.2, 0) is 0 Å². The first kappa shape index (κ1) is 16.4. The Bertz CT molecular complexity index is 810. The number of fused-ring (bicyclic) bond motifs is 1. The Hall–Kier alpha value is -2.47. The van der Waals surface area contributed by atoms with Crippen LogP contribution in [-0.4, -0.2) is 46.2 Å². The molecule has 0 aliphatic rings. The second kappa shape index (κ2) is 6.97. The summed E-state index contributed by atoms with van der Waals surface area (Å²) in [6, 6.07) is 10.5. The van der Waals surface area contributed by atoms with Gasteiger partial charge in [0.2, 0.25) is 0 Å². The Balaban J connectivity index is 1.99. The van der Waals surface area contributed by atoms with Gasteiger partial charge >= 0.3 is 0 Å². The lowest BCUT2D eigenvalue weighted by Crippen LogP contribution is -2.32. The molecule has 0 fully saturated rings. The summed E-state index contributed by atoms with van der Waals surface area (Å²) < 4.78 is 15.0. The first-order valence-corrected chi connectivity index (χ1v) is 8.09. The van der Waals surface area contributed by atoms with Crippen molar-refractivity contribution in [1.82, 2.24) is 19.5 Å². The smallest absolute Gasteiger partial charge is 0.157 e. The van der Waals surface area contributed by atoms with Crippen LogP contribution in [0.25, 0.3) is 16.9 Å². The van der Waals surface area contributed by atoms with E-state index in [0.29, 0.717) is 6.04 Å². The number of aromatic nitrogens is 3. The highest BCUT2D eigenvalue weighted by molar-refractivity contribution is 5.66. The summed E-state index contributed by atoms with van der Waals surface area (Å²) in [5, 5.41) is 7.91. The van der Waals surface area contributed by atoms with Crippen molar-refractivity contribution >= 4 is 11.5 Å². The van der Waals surface area contributed by atoms with E-state index in [1.807, 2.05) is 12.1 Å². The number of benzene rings is 1. The van der Waals surface area contributed by atoms with Gasteiger partial charge in [-0.3, -0.25) is 0 Å². The van der Waals surface area contributed by atoms with Gasteiger partial charge in [-0.15, -0.1) is 0 Å². The van der Waals surface area contributed by atoms with E-state index in [9.17, 15) is 4.39 Å². The second-order valence-corrected chi connectivity index (χ2v) is 6.15. The second-order valence-electron chi connectivity index (χ2n) is 6.15. The molecule has 1 aromatic carbocycles. The third kappa shape index (κ3) is 3.54. The predicted molar refractivity (Wildman–Crippen MR) is 94.6 cm³/mol. The van der Waals surface area contributed by atoms with E-state index in [0.717, 1.165) is 35.7 Å². The molecule has 6 heteroatoms. The number of anilines is 1. The molecule has 0 bridgehead atoms. The maximum atomic E-state index is 13.2. The number of hydrogen-bond donors (Lipinski definition) is 1. The van der Waals surface area contributed by atoms with Crippen LogP contribution in [0, 0.1) is 5.82 Å². The highest BCUT2D eigenvalue weighted by atomic mass is 19.1. The van der Waals surface area contributed by atoms with E-state index in [4.69, 9.17) is 0 Å². The van der Waals surface area contributed by atoms with Crippen LogP contribution in [0.4, 0.5) is 10.2 Å². The quantitative estimate of drug-likeness (QED) is 0.755. The minimum absolute atomic E-state index is 0.250. The minimum Gasteiger partial charge on any atom is -0.366 e. The Labute approximate surface area is 141 Å². The van der Waals surface area contributed by atoms with Crippen molar-refractivity contribution in [3.05, 3.63) is 48.4 Å². The van der Waals surface area contributed by atoms with Crippen molar-refractivity contribution in [2.24, 2.45) is 0 Å². The molecular weight excluding hydrogens is 305 g/mol. The predicted octanol–water partition coefficient (Wildman–Crippen LogP) is 3.29. The van der Waals surface area contributed by atoms with Gasteiger partial charge in [0.15, 0.2) is 5.65 Å². The van der Waals surface area contributed by atoms with Gasteiger partial charge < -0.3 is 10.2 Å². The van der Waals surface area contributed by atoms with Crippen LogP contribution in [0.2, 0.25) is 0 Å². The van der Waals surface area contributed by atoms with Gasteiger partial charge in [-0.2, -0.15) is 9.61 Å². The molecule has 0 saturated heterocycles. The topological polar surface area (TPSA) is 45.5 Å². The number of hydrogen-bond acceptors (Lipinski definition) is 4. The molecule has 5 nitrogen and oxygen atoms in total. The molecule has 2 aromatic heterocycles. The molecule has 0 unspecified atom stereocenters. The summed E-state index contributed by atoms with van der Waals surface area (Å²) in [7, 11) is 4.12. The molecule has 126 valence electrons. The molecule has 0 saturated carbocycles. The monoisotopic (exact) mass is 327 g/mol. The Morgan fingerprint density at radius 1 is 1.21 bits per heavy atom. The standard InChI is InChI=1S/C18H22FN5/c1-4-15(12-23(2)3)21-18-11-16(13-5-7-14(19)8-6-13)22-17-9-10-20-24(17)18/h5-11,15,21H,4,12H2,1-3H3/t15-/m1/s1. The lowest BCUT2D eigenvalue weighted by atomic mass is 10.1. The van der Waals surface area contributed by atoms with Crippen LogP contribution < -0.4 is 5.32 Å². The maximum Gasteiger partial charge on any atom is 0.157 e. The van der Waals surface area contributed by atoms with E-state index < -0.39 is 0 Å². The van der Waals surface area contributed by atoms with Gasteiger partial charge in [-0.25, -0.2) is 9.37 Å². The van der Waals surface area contributed by atoms with Gasteiger partial charge in [0, 0.05) is 30.3 Å². The summed E-state index contributed by atoms with van der Waals surface area (Å²) in [5.41, 5.74) is 2.44. The number of halogens is 1. The van der Waals surface area contributed by atoms with Crippen LogP contribution >= 0.6 is 0 Å². The average Bonchev–Trinajstić information content (AvgIpc) is 3.03. The molecule has 0 spiro atoms. The molecule has 0 amide bonds. The zero-order chi connectivity index (χ0) is 17.1. The fraction of sp³-hybridized carbons (Fsp3) is 0.333. The van der Waals surface area contributed by atoms with Crippen LogP contribution in [0.5, 0.6) is 0 Å². The van der Waals surface area contributed by atoms with E-state index in [-0.39, 0.29) is 5.82 Å². The van der Waals surface area contributed by atoms with Gasteiger partial charge in [0.25, 0.3) is 0 Å². The molecule has 0 aliphatic heterocycles.